The van der Waals surface area contributed by atoms with Crippen LogP contribution in [-0.2, 0) is 9.53 Å². The number of para-hydroxylation sites is 1. The van der Waals surface area contributed by atoms with E-state index in [1.165, 1.54) is 0 Å². The minimum atomic E-state index is -1.33. The van der Waals surface area contributed by atoms with E-state index in [1.807, 2.05) is 18.2 Å². The number of thiazole rings is 1. The third-order valence-electron chi connectivity index (χ3n) is 5.09. The largest absolute Gasteiger partial charge is 0.381 e. The Morgan fingerprint density at radius 2 is 2.20 bits per heavy atom. The van der Waals surface area contributed by atoms with Gasteiger partial charge in [0.25, 0.3) is 0 Å². The highest BCUT2D eigenvalue weighted by Crippen LogP contribution is 2.33. The number of hydrogen-bond donors (Lipinski definition) is 1. The number of nitrogens with zero attached hydrogens (tertiary/aromatic N) is 2. The summed E-state index contributed by atoms with van der Waals surface area (Å²) in [6, 6.07) is 8.04. The van der Waals surface area contributed by atoms with Gasteiger partial charge in [0.2, 0.25) is 5.91 Å². The van der Waals surface area contributed by atoms with E-state index in [0.29, 0.717) is 39.1 Å². The molecule has 2 aliphatic heterocycles. The Labute approximate surface area is 150 Å². The molecular formula is C18H22FN3O2S. The van der Waals surface area contributed by atoms with Gasteiger partial charge < -0.3 is 15.0 Å². The molecule has 4 rings (SSSR count). The summed E-state index contributed by atoms with van der Waals surface area (Å²) < 4.78 is 21.4. The maximum atomic E-state index is 15.0. The topological polar surface area (TPSA) is 54.5 Å². The van der Waals surface area contributed by atoms with Gasteiger partial charge in [0, 0.05) is 32.5 Å². The highest BCUT2D eigenvalue weighted by molar-refractivity contribution is 7.22. The Bertz CT molecular complexity index is 719. The molecule has 2 saturated heterocycles. The second-order valence-corrected chi connectivity index (χ2v) is 7.89. The number of carbonyl (C=O) groups excluding carboxylic acids is 1. The van der Waals surface area contributed by atoms with E-state index in [1.54, 1.807) is 11.3 Å². The lowest BCUT2D eigenvalue weighted by atomic mass is 9.93. The van der Waals surface area contributed by atoms with Crippen molar-refractivity contribution in [2.24, 2.45) is 5.92 Å². The zero-order valence-electron chi connectivity index (χ0n) is 14.0. The van der Waals surface area contributed by atoms with Crippen LogP contribution in [0.4, 0.5) is 9.52 Å². The van der Waals surface area contributed by atoms with Crippen molar-refractivity contribution in [1.29, 1.82) is 0 Å². The highest BCUT2D eigenvalue weighted by atomic mass is 32.1. The van der Waals surface area contributed by atoms with Crippen molar-refractivity contribution in [2.75, 3.05) is 37.7 Å². The van der Waals surface area contributed by atoms with E-state index in [2.05, 4.69) is 21.3 Å². The van der Waals surface area contributed by atoms with Gasteiger partial charge in [-0.3, -0.25) is 4.79 Å². The summed E-state index contributed by atoms with van der Waals surface area (Å²) in [4.78, 5) is 18.8. The molecule has 0 radical (unpaired) electrons. The van der Waals surface area contributed by atoms with Crippen LogP contribution in [0.2, 0.25) is 0 Å². The lowest BCUT2D eigenvalue weighted by Crippen LogP contribution is -2.49. The molecule has 1 unspecified atom stereocenters. The first-order valence-corrected chi connectivity index (χ1v) is 9.60. The van der Waals surface area contributed by atoms with Crippen molar-refractivity contribution < 1.29 is 13.9 Å². The SMILES string of the molecule is O=C(NCC1(F)CCN(c2nc3ccccc3s2)CC1)C1CCOC1. The van der Waals surface area contributed by atoms with Gasteiger partial charge in [0.05, 0.1) is 29.3 Å². The first-order chi connectivity index (χ1) is 12.1. The first kappa shape index (κ1) is 16.7. The van der Waals surface area contributed by atoms with Crippen LogP contribution < -0.4 is 10.2 Å². The first-order valence-electron chi connectivity index (χ1n) is 8.78. The minimum absolute atomic E-state index is 0.0804. The third-order valence-corrected chi connectivity index (χ3v) is 6.19. The summed E-state index contributed by atoms with van der Waals surface area (Å²) in [6.07, 6.45) is 1.55. The zero-order valence-corrected chi connectivity index (χ0v) is 14.9. The van der Waals surface area contributed by atoms with Gasteiger partial charge in [0.1, 0.15) is 5.67 Å². The predicted molar refractivity (Wildman–Crippen MR) is 96.8 cm³/mol. The zero-order chi connectivity index (χ0) is 17.3. The van der Waals surface area contributed by atoms with E-state index in [4.69, 9.17) is 4.74 Å². The summed E-state index contributed by atoms with van der Waals surface area (Å²) in [5, 5.41) is 3.74. The van der Waals surface area contributed by atoms with Gasteiger partial charge in [0.15, 0.2) is 5.13 Å². The van der Waals surface area contributed by atoms with Crippen LogP contribution in [-0.4, -0.2) is 49.4 Å². The van der Waals surface area contributed by atoms with Crippen LogP contribution in [0.1, 0.15) is 19.3 Å². The lowest BCUT2D eigenvalue weighted by Gasteiger charge is -2.36. The van der Waals surface area contributed by atoms with Crippen molar-refractivity contribution >= 4 is 32.6 Å². The molecule has 1 N–H and O–H groups in total. The molecule has 2 fully saturated rings. The number of benzene rings is 1. The smallest absolute Gasteiger partial charge is 0.225 e. The van der Waals surface area contributed by atoms with Gasteiger partial charge in [-0.05, 0) is 18.6 Å². The van der Waals surface area contributed by atoms with Gasteiger partial charge in [-0.25, -0.2) is 9.37 Å². The Morgan fingerprint density at radius 1 is 1.40 bits per heavy atom. The molecular weight excluding hydrogens is 341 g/mol. The fourth-order valence-corrected chi connectivity index (χ4v) is 4.42. The molecule has 1 atom stereocenters. The number of aromatic nitrogens is 1. The molecule has 2 aromatic rings. The number of anilines is 1. The number of piperidine rings is 1. The molecule has 25 heavy (non-hydrogen) atoms. The number of amides is 1. The van der Waals surface area contributed by atoms with Gasteiger partial charge in [-0.15, -0.1) is 0 Å². The highest BCUT2D eigenvalue weighted by Gasteiger charge is 2.36. The second kappa shape index (κ2) is 6.88. The fraction of sp³-hybridized carbons (Fsp3) is 0.556. The van der Waals surface area contributed by atoms with E-state index in [0.717, 1.165) is 21.8 Å². The van der Waals surface area contributed by atoms with Crippen molar-refractivity contribution in [3.05, 3.63) is 24.3 Å². The molecule has 2 aliphatic rings. The summed E-state index contributed by atoms with van der Waals surface area (Å²) in [5.41, 5.74) is -0.340. The van der Waals surface area contributed by atoms with E-state index >= 15 is 4.39 Å². The molecule has 1 aromatic carbocycles. The van der Waals surface area contributed by atoms with Crippen molar-refractivity contribution in [3.8, 4) is 0 Å². The Kier molecular flexibility index (Phi) is 4.60. The summed E-state index contributed by atoms with van der Waals surface area (Å²) >= 11 is 1.65. The maximum absolute atomic E-state index is 15.0. The summed E-state index contributed by atoms with van der Waals surface area (Å²) in [6.45, 7) is 2.42. The molecule has 0 saturated carbocycles. The van der Waals surface area contributed by atoms with Crippen LogP contribution in [0, 0.1) is 5.92 Å². The quantitative estimate of drug-likeness (QED) is 0.908. The van der Waals surface area contributed by atoms with Crippen molar-refractivity contribution in [3.63, 3.8) is 0 Å². The van der Waals surface area contributed by atoms with Crippen LogP contribution in [0.15, 0.2) is 24.3 Å². The summed E-state index contributed by atoms with van der Waals surface area (Å²) in [7, 11) is 0. The monoisotopic (exact) mass is 363 g/mol. The van der Waals surface area contributed by atoms with Crippen LogP contribution >= 0.6 is 11.3 Å². The van der Waals surface area contributed by atoms with Crippen LogP contribution in [0.3, 0.4) is 0 Å². The predicted octanol–water partition coefficient (Wildman–Crippen LogP) is 2.76. The Balaban J connectivity index is 1.33. The number of ether oxygens (including phenoxy) is 1. The number of rotatable bonds is 4. The number of carbonyl (C=O) groups is 1. The standard InChI is InChI=1S/C18H22FN3O2S/c19-18(12-20-16(23)13-5-10-24-11-13)6-8-22(9-7-18)17-21-14-3-1-2-4-15(14)25-17/h1-4,13H,5-12H2,(H,20,23). The van der Waals surface area contributed by atoms with E-state index in [-0.39, 0.29) is 18.4 Å². The second-order valence-electron chi connectivity index (χ2n) is 6.88. The number of hydrogen-bond acceptors (Lipinski definition) is 5. The molecule has 0 bridgehead atoms. The molecule has 3 heterocycles. The molecule has 0 aliphatic carbocycles. The van der Waals surface area contributed by atoms with Crippen molar-refractivity contribution in [2.45, 2.75) is 24.9 Å². The molecule has 134 valence electrons. The van der Waals surface area contributed by atoms with Crippen molar-refractivity contribution in [1.82, 2.24) is 10.3 Å². The van der Waals surface area contributed by atoms with E-state index < -0.39 is 5.67 Å². The Hall–Kier alpha value is -1.73. The molecule has 0 spiro atoms. The molecule has 7 heteroatoms. The molecule has 1 aromatic heterocycles. The normalized spacial score (nSPS) is 23.1. The van der Waals surface area contributed by atoms with Gasteiger partial charge in [-0.1, -0.05) is 23.5 Å². The molecule has 5 nitrogen and oxygen atoms in total. The maximum Gasteiger partial charge on any atom is 0.225 e. The minimum Gasteiger partial charge on any atom is -0.381 e. The number of fused-ring (bicyclic) bond motifs is 1. The Morgan fingerprint density at radius 3 is 2.92 bits per heavy atom. The fourth-order valence-electron chi connectivity index (χ4n) is 3.40. The lowest BCUT2D eigenvalue weighted by molar-refractivity contribution is -0.125. The number of nitrogens with one attached hydrogen (secondary N) is 1. The third kappa shape index (κ3) is 3.62. The average molecular weight is 363 g/mol. The number of halogens is 1. The molecule has 1 amide bonds. The van der Waals surface area contributed by atoms with Crippen LogP contribution in [0.5, 0.6) is 0 Å². The van der Waals surface area contributed by atoms with Gasteiger partial charge in [-0.2, -0.15) is 0 Å². The van der Waals surface area contributed by atoms with Crippen LogP contribution in [0.25, 0.3) is 10.2 Å². The van der Waals surface area contributed by atoms with Gasteiger partial charge >= 0.3 is 0 Å². The number of alkyl halides is 1. The average Bonchev–Trinajstić information content (AvgIpc) is 3.30. The van der Waals surface area contributed by atoms with E-state index in [9.17, 15) is 4.79 Å². The summed E-state index contributed by atoms with van der Waals surface area (Å²) in [5.74, 6) is -0.199.